The van der Waals surface area contributed by atoms with Gasteiger partial charge in [0, 0.05) is 12.8 Å². The van der Waals surface area contributed by atoms with E-state index in [2.05, 4.69) is 37.4 Å². The first-order chi connectivity index (χ1) is 20.0. The number of carboxylic acids is 1. The number of unbranched alkanes of at least 4 members (excludes halogenated alkanes) is 17. The molecule has 238 valence electrons. The van der Waals surface area contributed by atoms with Gasteiger partial charge in [-0.15, -0.1) is 0 Å². The van der Waals surface area contributed by atoms with Gasteiger partial charge < -0.3 is 15.2 Å². The van der Waals surface area contributed by atoms with E-state index in [0.717, 1.165) is 64.2 Å². The molecule has 0 radical (unpaired) electrons. The fourth-order valence-corrected chi connectivity index (χ4v) is 4.82. The number of amides is 1. The minimum Gasteiger partial charge on any atom is -0.480 e. The van der Waals surface area contributed by atoms with Gasteiger partial charge in [-0.05, 0) is 44.6 Å². The number of allylic oxidation sites excluding steroid dienone is 3. The lowest BCUT2D eigenvalue weighted by atomic mass is 10.0. The van der Waals surface area contributed by atoms with Gasteiger partial charge in [0.15, 0.2) is 0 Å². The number of carboxylic acid groups (broad SMARTS) is 1. The van der Waals surface area contributed by atoms with Crippen molar-refractivity contribution in [2.75, 3.05) is 6.54 Å². The highest BCUT2D eigenvalue weighted by Crippen LogP contribution is 2.15. The van der Waals surface area contributed by atoms with Crippen molar-refractivity contribution in [2.45, 2.75) is 174 Å². The molecule has 41 heavy (non-hydrogen) atoms. The van der Waals surface area contributed by atoms with Crippen molar-refractivity contribution in [3.8, 4) is 0 Å². The number of nitrogens with one attached hydrogen (secondary N) is 1. The number of ether oxygens (including phenoxy) is 1. The molecule has 6 nitrogen and oxygen atoms in total. The van der Waals surface area contributed by atoms with Crippen molar-refractivity contribution in [1.82, 2.24) is 5.32 Å². The van der Waals surface area contributed by atoms with E-state index in [1.807, 2.05) is 6.08 Å². The van der Waals surface area contributed by atoms with Crippen LogP contribution in [0.1, 0.15) is 168 Å². The van der Waals surface area contributed by atoms with Crippen LogP contribution < -0.4 is 5.32 Å². The molecule has 0 spiro atoms. The van der Waals surface area contributed by atoms with E-state index in [9.17, 15) is 14.4 Å². The van der Waals surface area contributed by atoms with Crippen LogP contribution in [0.4, 0.5) is 0 Å². The van der Waals surface area contributed by atoms with Gasteiger partial charge in [-0.25, -0.2) is 0 Å². The number of carbonyl (C=O) groups excluding carboxylic acids is 2. The molecule has 0 aliphatic carbocycles. The fourth-order valence-electron chi connectivity index (χ4n) is 4.82. The lowest BCUT2D eigenvalue weighted by Gasteiger charge is -2.14. The first kappa shape index (κ1) is 38.9. The second-order valence-corrected chi connectivity index (χ2v) is 11.4. The van der Waals surface area contributed by atoms with E-state index < -0.39 is 5.97 Å². The zero-order valence-electron chi connectivity index (χ0n) is 26.6. The summed E-state index contributed by atoms with van der Waals surface area (Å²) in [6, 6.07) is 0. The van der Waals surface area contributed by atoms with Crippen LogP contribution in [0, 0.1) is 0 Å². The largest absolute Gasteiger partial charge is 0.480 e. The van der Waals surface area contributed by atoms with E-state index in [0.29, 0.717) is 12.8 Å². The molecule has 6 heteroatoms. The van der Waals surface area contributed by atoms with E-state index >= 15 is 0 Å². The Morgan fingerprint density at radius 1 is 0.659 bits per heavy atom. The third-order valence-electron chi connectivity index (χ3n) is 7.34. The average molecular weight is 578 g/mol. The number of esters is 1. The second-order valence-electron chi connectivity index (χ2n) is 11.4. The van der Waals surface area contributed by atoms with E-state index in [1.165, 1.54) is 77.0 Å². The first-order valence-electron chi connectivity index (χ1n) is 17.0. The van der Waals surface area contributed by atoms with Crippen LogP contribution in [0.5, 0.6) is 0 Å². The van der Waals surface area contributed by atoms with Crippen molar-refractivity contribution >= 4 is 17.8 Å². The van der Waals surface area contributed by atoms with Gasteiger partial charge in [0.25, 0.3) is 0 Å². The zero-order valence-corrected chi connectivity index (χ0v) is 26.6. The average Bonchev–Trinajstić information content (AvgIpc) is 2.95. The van der Waals surface area contributed by atoms with Crippen molar-refractivity contribution in [2.24, 2.45) is 0 Å². The lowest BCUT2D eigenvalue weighted by molar-refractivity contribution is -0.147. The van der Waals surface area contributed by atoms with E-state index in [-0.39, 0.29) is 24.5 Å². The summed E-state index contributed by atoms with van der Waals surface area (Å²) in [6.07, 6.45) is 34.6. The van der Waals surface area contributed by atoms with Crippen LogP contribution in [0.2, 0.25) is 0 Å². The molecule has 1 unspecified atom stereocenters. The minimum absolute atomic E-state index is 0.102. The highest BCUT2D eigenvalue weighted by molar-refractivity contribution is 5.80. The summed E-state index contributed by atoms with van der Waals surface area (Å²) in [7, 11) is 0. The second kappa shape index (κ2) is 30.8. The van der Waals surface area contributed by atoms with Crippen LogP contribution >= 0.6 is 0 Å². The third-order valence-corrected chi connectivity index (χ3v) is 7.34. The predicted molar refractivity (Wildman–Crippen MR) is 171 cm³/mol. The van der Waals surface area contributed by atoms with Crippen molar-refractivity contribution in [3.63, 3.8) is 0 Å². The van der Waals surface area contributed by atoms with Gasteiger partial charge in [0.1, 0.15) is 12.6 Å². The number of carbonyl (C=O) groups is 3. The van der Waals surface area contributed by atoms with E-state index in [1.54, 1.807) is 0 Å². The Balaban J connectivity index is 4.07. The molecule has 0 fully saturated rings. The maximum absolute atomic E-state index is 12.5. The topological polar surface area (TPSA) is 92.7 Å². The monoisotopic (exact) mass is 577 g/mol. The number of hydrogen-bond acceptors (Lipinski definition) is 4. The summed E-state index contributed by atoms with van der Waals surface area (Å²) < 4.78 is 5.82. The normalized spacial score (nSPS) is 12.2. The van der Waals surface area contributed by atoms with Crippen molar-refractivity contribution in [3.05, 3.63) is 24.3 Å². The van der Waals surface area contributed by atoms with Crippen molar-refractivity contribution in [1.29, 1.82) is 0 Å². The molecule has 2 N–H and O–H groups in total. The van der Waals surface area contributed by atoms with Crippen LogP contribution in [-0.2, 0) is 19.1 Å². The molecule has 0 saturated carbocycles. The Kier molecular flexibility index (Phi) is 29.3. The summed E-state index contributed by atoms with van der Waals surface area (Å²) >= 11 is 0. The molecule has 0 saturated heterocycles. The molecule has 0 aromatic heterocycles. The molecule has 0 bridgehead atoms. The van der Waals surface area contributed by atoms with Gasteiger partial charge in [-0.2, -0.15) is 0 Å². The van der Waals surface area contributed by atoms with Crippen LogP contribution in [0.25, 0.3) is 0 Å². The summed E-state index contributed by atoms with van der Waals surface area (Å²) in [6.45, 7) is 4.10. The van der Waals surface area contributed by atoms with Gasteiger partial charge >= 0.3 is 11.9 Å². The molecule has 0 aliphatic rings. The summed E-state index contributed by atoms with van der Waals surface area (Å²) in [4.78, 5) is 34.6. The molecule has 1 amide bonds. The molecular weight excluding hydrogens is 514 g/mol. The van der Waals surface area contributed by atoms with Crippen LogP contribution in [-0.4, -0.2) is 35.6 Å². The number of aliphatic carboxylic acids is 1. The van der Waals surface area contributed by atoms with E-state index in [4.69, 9.17) is 9.84 Å². The molecule has 1 atom stereocenters. The fraction of sp³-hybridized carbons (Fsp3) is 0.800. The number of rotatable bonds is 30. The Hall–Kier alpha value is -2.11. The first-order valence-corrected chi connectivity index (χ1v) is 17.0. The molecule has 0 aromatic carbocycles. The molecule has 0 heterocycles. The molecular formula is C35H63NO5. The Morgan fingerprint density at radius 2 is 1.20 bits per heavy atom. The van der Waals surface area contributed by atoms with Crippen LogP contribution in [0.3, 0.4) is 0 Å². The quantitative estimate of drug-likeness (QED) is 0.0504. The maximum Gasteiger partial charge on any atom is 0.322 e. The Morgan fingerprint density at radius 3 is 1.76 bits per heavy atom. The molecule has 0 aliphatic heterocycles. The summed E-state index contributed by atoms with van der Waals surface area (Å²) in [5.41, 5.74) is 0. The highest BCUT2D eigenvalue weighted by Gasteiger charge is 2.11. The minimum atomic E-state index is -1.03. The maximum atomic E-state index is 12.5. The van der Waals surface area contributed by atoms with Crippen molar-refractivity contribution < 1.29 is 24.2 Å². The van der Waals surface area contributed by atoms with Gasteiger partial charge in [0.2, 0.25) is 5.91 Å². The summed E-state index contributed by atoms with van der Waals surface area (Å²) in [5.74, 6) is -1.35. The predicted octanol–water partition coefficient (Wildman–Crippen LogP) is 9.61. The smallest absolute Gasteiger partial charge is 0.322 e. The molecule has 0 rings (SSSR count). The van der Waals surface area contributed by atoms with Gasteiger partial charge in [-0.3, -0.25) is 14.4 Å². The van der Waals surface area contributed by atoms with Crippen LogP contribution in [0.15, 0.2) is 24.3 Å². The third kappa shape index (κ3) is 30.7. The lowest BCUT2D eigenvalue weighted by Crippen LogP contribution is -2.28. The number of hydrogen-bond donors (Lipinski definition) is 2. The highest BCUT2D eigenvalue weighted by atomic mass is 16.5. The van der Waals surface area contributed by atoms with Gasteiger partial charge in [-0.1, -0.05) is 135 Å². The standard InChI is InChI=1S/C35H63NO5/c1-3-5-7-9-11-12-13-14-15-16-17-18-20-26-30-35(40)41-32(27-23-19-10-8-6-4-2)28-24-21-22-25-29-33(37)36-31-34(38)39/h8,10,23,27,32H,3-7,9,11-22,24-26,28-31H2,1-2H3,(H,36,37)(H,38,39)/b10-8-,27-23-. The molecule has 0 aromatic rings. The van der Waals surface area contributed by atoms with Gasteiger partial charge in [0.05, 0.1) is 0 Å². The Labute approximate surface area is 252 Å². The SMILES string of the molecule is CCC/C=C\C/C=C\C(CCCCCCC(=O)NCC(=O)O)OC(=O)CCCCCCCCCCCCCCCC. The zero-order chi connectivity index (χ0) is 30.2. The summed E-state index contributed by atoms with van der Waals surface area (Å²) in [5, 5.41) is 11.0. The Bertz CT molecular complexity index is 688.